The lowest BCUT2D eigenvalue weighted by Crippen LogP contribution is -2.10. The van der Waals surface area contributed by atoms with Crippen LogP contribution in [0.5, 0.6) is 0 Å². The van der Waals surface area contributed by atoms with Gasteiger partial charge in [-0.05, 0) is 18.1 Å². The van der Waals surface area contributed by atoms with Crippen molar-refractivity contribution in [1.29, 1.82) is 0 Å². The quantitative estimate of drug-likeness (QED) is 0.435. The van der Waals surface area contributed by atoms with Gasteiger partial charge >= 0.3 is 0 Å². The van der Waals surface area contributed by atoms with Crippen LogP contribution in [0.1, 0.15) is 58.3 Å². The highest BCUT2D eigenvalue weighted by atomic mass is 79.9. The summed E-state index contributed by atoms with van der Waals surface area (Å²) >= 11 is 5.91. The zero-order valence-electron chi connectivity index (χ0n) is 10.0. The van der Waals surface area contributed by atoms with Gasteiger partial charge in [-0.15, -0.1) is 0 Å². The van der Waals surface area contributed by atoms with Crippen LogP contribution in [0.3, 0.4) is 0 Å². The van der Waals surface area contributed by atoms with E-state index in [4.69, 9.17) is 0 Å². The number of thioether (sulfide) groups is 1. The normalized spacial score (nSPS) is 26.0. The maximum atomic E-state index is 3.79. The van der Waals surface area contributed by atoms with Gasteiger partial charge in [-0.3, -0.25) is 0 Å². The summed E-state index contributed by atoms with van der Waals surface area (Å²) in [7, 11) is 0. The number of alkyl halides is 1. The van der Waals surface area contributed by atoms with E-state index in [1.807, 2.05) is 0 Å². The van der Waals surface area contributed by atoms with Crippen LogP contribution in [-0.4, -0.2) is 16.3 Å². The molecule has 2 heteroatoms. The largest absolute Gasteiger partial charge is 0.161 e. The fourth-order valence-electron chi connectivity index (χ4n) is 2.20. The Morgan fingerprint density at radius 1 is 1.00 bits per heavy atom. The Labute approximate surface area is 108 Å². The molecule has 1 saturated heterocycles. The van der Waals surface area contributed by atoms with Gasteiger partial charge in [-0.2, -0.15) is 11.8 Å². The maximum Gasteiger partial charge on any atom is 0.0272 e. The van der Waals surface area contributed by atoms with Crippen LogP contribution in [0.2, 0.25) is 0 Å². The van der Waals surface area contributed by atoms with E-state index in [9.17, 15) is 0 Å². The van der Waals surface area contributed by atoms with Crippen molar-refractivity contribution in [3.05, 3.63) is 0 Å². The zero-order chi connectivity index (χ0) is 10.9. The van der Waals surface area contributed by atoms with E-state index < -0.39 is 0 Å². The summed E-state index contributed by atoms with van der Waals surface area (Å²) in [6, 6.07) is 0. The van der Waals surface area contributed by atoms with Gasteiger partial charge in [0.15, 0.2) is 0 Å². The molecule has 0 saturated carbocycles. The summed E-state index contributed by atoms with van der Waals surface area (Å²) < 4.78 is 0. The number of halogens is 1. The van der Waals surface area contributed by atoms with Gasteiger partial charge in [0, 0.05) is 10.6 Å². The van der Waals surface area contributed by atoms with E-state index in [2.05, 4.69) is 34.6 Å². The Morgan fingerprint density at radius 2 is 1.67 bits per heavy atom. The molecular formula is C13H25BrS. The Morgan fingerprint density at radius 3 is 2.27 bits per heavy atom. The first-order chi connectivity index (χ1) is 7.34. The highest BCUT2D eigenvalue weighted by Crippen LogP contribution is 2.33. The minimum absolute atomic E-state index is 0.808. The molecule has 1 rings (SSSR count). The minimum atomic E-state index is 0.808. The Bertz CT molecular complexity index is 149. The van der Waals surface area contributed by atoms with Gasteiger partial charge < -0.3 is 0 Å². The van der Waals surface area contributed by atoms with Crippen molar-refractivity contribution in [2.75, 3.05) is 11.5 Å². The fraction of sp³-hybridized carbons (Fsp3) is 1.00. The van der Waals surface area contributed by atoms with Crippen molar-refractivity contribution >= 4 is 27.7 Å². The van der Waals surface area contributed by atoms with Gasteiger partial charge in [0.05, 0.1) is 0 Å². The van der Waals surface area contributed by atoms with Gasteiger partial charge in [0.1, 0.15) is 0 Å². The molecule has 2 unspecified atom stereocenters. The van der Waals surface area contributed by atoms with Crippen LogP contribution in [0.15, 0.2) is 0 Å². The van der Waals surface area contributed by atoms with E-state index in [1.54, 1.807) is 0 Å². The molecule has 0 aromatic rings. The van der Waals surface area contributed by atoms with E-state index in [-0.39, 0.29) is 0 Å². The number of rotatable bonds is 8. The summed E-state index contributed by atoms with van der Waals surface area (Å²) in [4.78, 5) is 0.808. The molecule has 90 valence electrons. The molecule has 0 N–H and O–H groups in total. The molecule has 15 heavy (non-hydrogen) atoms. The molecular weight excluding hydrogens is 268 g/mol. The maximum absolute atomic E-state index is 3.79. The molecule has 0 spiro atoms. The third-order valence-electron chi connectivity index (χ3n) is 3.30. The molecule has 1 heterocycles. The lowest BCUT2D eigenvalue weighted by atomic mass is 9.99. The molecule has 0 aliphatic carbocycles. The first-order valence-corrected chi connectivity index (χ1v) is 8.63. The smallest absolute Gasteiger partial charge is 0.0272 e. The summed E-state index contributed by atoms with van der Waals surface area (Å²) in [5.74, 6) is 3.69. The molecule has 0 aromatic heterocycles. The fourth-order valence-corrected chi connectivity index (χ4v) is 4.79. The van der Waals surface area contributed by atoms with E-state index >= 15 is 0 Å². The molecule has 0 aromatic carbocycles. The predicted molar refractivity (Wildman–Crippen MR) is 76.1 cm³/mol. The van der Waals surface area contributed by atoms with Crippen LogP contribution < -0.4 is 0 Å². The van der Waals surface area contributed by atoms with Crippen LogP contribution in [0, 0.1) is 5.92 Å². The van der Waals surface area contributed by atoms with E-state index in [0.29, 0.717) is 0 Å². The van der Waals surface area contributed by atoms with Crippen molar-refractivity contribution in [3.63, 3.8) is 0 Å². The van der Waals surface area contributed by atoms with Gasteiger partial charge in [0.2, 0.25) is 0 Å². The molecule has 0 bridgehead atoms. The second kappa shape index (κ2) is 8.92. The lowest BCUT2D eigenvalue weighted by molar-refractivity contribution is 0.499. The van der Waals surface area contributed by atoms with Crippen LogP contribution in [0.25, 0.3) is 0 Å². The molecule has 0 amide bonds. The first kappa shape index (κ1) is 13.9. The molecule has 0 radical (unpaired) electrons. The monoisotopic (exact) mass is 292 g/mol. The molecule has 1 aliphatic rings. The average molecular weight is 293 g/mol. The Balaban J connectivity index is 1.84. The lowest BCUT2D eigenvalue weighted by Gasteiger charge is -2.12. The second-order valence-electron chi connectivity index (χ2n) is 4.72. The van der Waals surface area contributed by atoms with Crippen molar-refractivity contribution in [1.82, 2.24) is 0 Å². The predicted octanol–water partition coefficient (Wildman–Crippen LogP) is 5.25. The number of hydrogen-bond donors (Lipinski definition) is 0. The highest BCUT2D eigenvalue weighted by Gasteiger charge is 2.24. The summed E-state index contributed by atoms with van der Waals surface area (Å²) in [5.41, 5.74) is 0. The standard InChI is InChI=1S/C13H25BrS/c1-2-3-4-5-6-7-8-9-12-10-15-11-13(12)14/h12-13H,2-11H2,1H3. The molecule has 1 aliphatic heterocycles. The van der Waals surface area contributed by atoms with Gasteiger partial charge in [-0.25, -0.2) is 0 Å². The van der Waals surface area contributed by atoms with E-state index in [1.165, 1.54) is 62.9 Å². The van der Waals surface area contributed by atoms with Crippen molar-refractivity contribution in [2.45, 2.75) is 63.1 Å². The summed E-state index contributed by atoms with van der Waals surface area (Å²) in [6.45, 7) is 2.29. The van der Waals surface area contributed by atoms with Crippen molar-refractivity contribution in [2.24, 2.45) is 5.92 Å². The molecule has 2 atom stereocenters. The molecule has 1 fully saturated rings. The van der Waals surface area contributed by atoms with Gasteiger partial charge in [-0.1, -0.05) is 67.8 Å². The SMILES string of the molecule is CCCCCCCCCC1CSCC1Br. The first-order valence-electron chi connectivity index (χ1n) is 6.56. The highest BCUT2D eigenvalue weighted by molar-refractivity contribution is 9.09. The third-order valence-corrected chi connectivity index (χ3v) is 6.06. The summed E-state index contributed by atoms with van der Waals surface area (Å²) in [6.07, 6.45) is 11.6. The Hall–Kier alpha value is 0.830. The van der Waals surface area contributed by atoms with Gasteiger partial charge in [0.25, 0.3) is 0 Å². The second-order valence-corrected chi connectivity index (χ2v) is 6.97. The minimum Gasteiger partial charge on any atom is -0.161 e. The topological polar surface area (TPSA) is 0 Å². The van der Waals surface area contributed by atoms with Crippen molar-refractivity contribution in [3.8, 4) is 0 Å². The van der Waals surface area contributed by atoms with Crippen LogP contribution in [-0.2, 0) is 0 Å². The average Bonchev–Trinajstić information content (AvgIpc) is 2.63. The number of hydrogen-bond acceptors (Lipinski definition) is 1. The van der Waals surface area contributed by atoms with Crippen LogP contribution in [0.4, 0.5) is 0 Å². The molecule has 0 nitrogen and oxygen atoms in total. The van der Waals surface area contributed by atoms with Crippen molar-refractivity contribution < 1.29 is 0 Å². The Kier molecular flexibility index (Phi) is 8.26. The van der Waals surface area contributed by atoms with E-state index in [0.717, 1.165) is 10.7 Å². The summed E-state index contributed by atoms with van der Waals surface area (Å²) in [5, 5.41) is 0. The van der Waals surface area contributed by atoms with Crippen LogP contribution >= 0.6 is 27.7 Å². The number of unbranched alkanes of at least 4 members (excludes halogenated alkanes) is 6. The zero-order valence-corrected chi connectivity index (χ0v) is 12.4. The third kappa shape index (κ3) is 6.21.